The van der Waals surface area contributed by atoms with E-state index in [1.165, 1.54) is 0 Å². The molecule has 4 heteroatoms. The molecule has 3 nitrogen and oxygen atoms in total. The van der Waals surface area contributed by atoms with E-state index in [0.717, 1.165) is 5.56 Å². The van der Waals surface area contributed by atoms with Crippen LogP contribution in [0, 0.1) is 0 Å². The van der Waals surface area contributed by atoms with Gasteiger partial charge >= 0.3 is 0 Å². The molecule has 0 saturated heterocycles. The number of rotatable bonds is 5. The molecular formula is C11H16FNO2. The van der Waals surface area contributed by atoms with Gasteiger partial charge in [-0.25, -0.2) is 0 Å². The van der Waals surface area contributed by atoms with E-state index < -0.39 is 6.67 Å². The van der Waals surface area contributed by atoms with Gasteiger partial charge in [0.15, 0.2) is 11.5 Å². The Morgan fingerprint density at radius 3 is 2.60 bits per heavy atom. The van der Waals surface area contributed by atoms with Crippen molar-refractivity contribution < 1.29 is 13.9 Å². The molecule has 0 aliphatic heterocycles. The largest absolute Gasteiger partial charge is 0.493 e. The monoisotopic (exact) mass is 213 g/mol. The molecular weight excluding hydrogens is 197 g/mol. The second-order valence-electron chi connectivity index (χ2n) is 3.17. The Morgan fingerprint density at radius 2 is 2.07 bits per heavy atom. The first-order valence-corrected chi connectivity index (χ1v) is 4.77. The lowest BCUT2D eigenvalue weighted by atomic mass is 10.0. The second kappa shape index (κ2) is 5.56. The van der Waals surface area contributed by atoms with Crippen LogP contribution in [0.3, 0.4) is 0 Å². The highest BCUT2D eigenvalue weighted by Gasteiger charge is 2.15. The van der Waals surface area contributed by atoms with Crippen LogP contribution in [-0.4, -0.2) is 20.9 Å². The van der Waals surface area contributed by atoms with Crippen molar-refractivity contribution in [3.05, 3.63) is 23.8 Å². The lowest BCUT2D eigenvalue weighted by molar-refractivity contribution is 0.346. The van der Waals surface area contributed by atoms with E-state index in [1.807, 2.05) is 12.1 Å². The zero-order valence-electron chi connectivity index (χ0n) is 9.00. The predicted octanol–water partition coefficient (Wildman–Crippen LogP) is 2.06. The van der Waals surface area contributed by atoms with Gasteiger partial charge in [-0.15, -0.1) is 0 Å². The lowest BCUT2D eigenvalue weighted by Crippen LogP contribution is -2.12. The van der Waals surface area contributed by atoms with E-state index in [0.29, 0.717) is 11.5 Å². The van der Waals surface area contributed by atoms with Crippen molar-refractivity contribution in [3.8, 4) is 11.5 Å². The summed E-state index contributed by atoms with van der Waals surface area (Å²) in [5, 5.41) is 0. The second-order valence-corrected chi connectivity index (χ2v) is 3.17. The number of methoxy groups -OCH3 is 2. The Hall–Kier alpha value is -1.29. The smallest absolute Gasteiger partial charge is 0.165 e. The van der Waals surface area contributed by atoms with Crippen LogP contribution in [0.25, 0.3) is 0 Å². The molecule has 0 fully saturated rings. The van der Waals surface area contributed by atoms with Gasteiger partial charge in [-0.1, -0.05) is 12.1 Å². The van der Waals surface area contributed by atoms with Crippen LogP contribution in [0.1, 0.15) is 18.0 Å². The highest BCUT2D eigenvalue weighted by Crippen LogP contribution is 2.34. The van der Waals surface area contributed by atoms with Crippen LogP contribution in [0.2, 0.25) is 0 Å². The number of nitrogens with two attached hydrogens (primary N) is 1. The maximum atomic E-state index is 12.2. The van der Waals surface area contributed by atoms with E-state index in [-0.39, 0.29) is 12.5 Å². The summed E-state index contributed by atoms with van der Waals surface area (Å²) in [7, 11) is 3.10. The first kappa shape index (κ1) is 11.8. The molecule has 0 saturated carbocycles. The van der Waals surface area contributed by atoms with E-state index >= 15 is 0 Å². The van der Waals surface area contributed by atoms with Crippen LogP contribution in [0.15, 0.2) is 18.2 Å². The van der Waals surface area contributed by atoms with Crippen molar-refractivity contribution in [1.82, 2.24) is 0 Å². The Kier molecular flexibility index (Phi) is 4.37. The minimum Gasteiger partial charge on any atom is -0.493 e. The first-order chi connectivity index (χ1) is 7.24. The van der Waals surface area contributed by atoms with Crippen molar-refractivity contribution in [1.29, 1.82) is 0 Å². The van der Waals surface area contributed by atoms with Gasteiger partial charge in [0.1, 0.15) is 0 Å². The van der Waals surface area contributed by atoms with E-state index in [1.54, 1.807) is 20.3 Å². The van der Waals surface area contributed by atoms with Crippen molar-refractivity contribution >= 4 is 0 Å². The maximum Gasteiger partial charge on any atom is 0.165 e. The van der Waals surface area contributed by atoms with Gasteiger partial charge in [0.05, 0.1) is 20.9 Å². The molecule has 15 heavy (non-hydrogen) atoms. The molecule has 0 aliphatic rings. The molecule has 1 atom stereocenters. The molecule has 0 radical (unpaired) electrons. The molecule has 0 aromatic heterocycles. The van der Waals surface area contributed by atoms with Gasteiger partial charge in [0.25, 0.3) is 0 Å². The highest BCUT2D eigenvalue weighted by molar-refractivity contribution is 5.47. The zero-order chi connectivity index (χ0) is 11.3. The fourth-order valence-corrected chi connectivity index (χ4v) is 1.48. The number of hydrogen-bond donors (Lipinski definition) is 1. The van der Waals surface area contributed by atoms with Crippen molar-refractivity contribution in [2.75, 3.05) is 20.9 Å². The third kappa shape index (κ3) is 2.59. The number of para-hydroxylation sites is 1. The minimum absolute atomic E-state index is 0.281. The molecule has 2 N–H and O–H groups in total. The summed E-state index contributed by atoms with van der Waals surface area (Å²) in [5.41, 5.74) is 6.60. The van der Waals surface area contributed by atoms with Gasteiger partial charge in [-0.3, -0.25) is 4.39 Å². The molecule has 0 amide bonds. The van der Waals surface area contributed by atoms with Crippen LogP contribution < -0.4 is 15.2 Å². The SMILES string of the molecule is COc1cccc([C@H](N)CCF)c1OC. The predicted molar refractivity (Wildman–Crippen MR) is 57.1 cm³/mol. The van der Waals surface area contributed by atoms with Crippen molar-refractivity contribution in [3.63, 3.8) is 0 Å². The Balaban J connectivity index is 3.05. The average Bonchev–Trinajstić information content (AvgIpc) is 2.28. The molecule has 0 spiro atoms. The van der Waals surface area contributed by atoms with Gasteiger partial charge in [-0.2, -0.15) is 0 Å². The van der Waals surface area contributed by atoms with E-state index in [2.05, 4.69) is 0 Å². The number of ether oxygens (including phenoxy) is 2. The number of hydrogen-bond acceptors (Lipinski definition) is 3. The summed E-state index contributed by atoms with van der Waals surface area (Å²) in [6.45, 7) is -0.443. The van der Waals surface area contributed by atoms with Gasteiger partial charge in [0.2, 0.25) is 0 Å². The van der Waals surface area contributed by atoms with Crippen LogP contribution in [-0.2, 0) is 0 Å². The molecule has 0 bridgehead atoms. The maximum absolute atomic E-state index is 12.2. The number of halogens is 1. The quantitative estimate of drug-likeness (QED) is 0.814. The standard InChI is InChI=1S/C11H16FNO2/c1-14-10-5-3-4-8(11(10)15-2)9(13)6-7-12/h3-5,9H,6-7,13H2,1-2H3/t9-/m1/s1. The molecule has 1 rings (SSSR count). The lowest BCUT2D eigenvalue weighted by Gasteiger charge is -2.16. The summed E-state index contributed by atoms with van der Waals surface area (Å²) in [6.07, 6.45) is 0.281. The first-order valence-electron chi connectivity index (χ1n) is 4.77. The number of alkyl halides is 1. The average molecular weight is 213 g/mol. The third-order valence-corrected chi connectivity index (χ3v) is 2.25. The molecule has 0 aliphatic carbocycles. The van der Waals surface area contributed by atoms with Gasteiger partial charge in [0, 0.05) is 11.6 Å². The Morgan fingerprint density at radius 1 is 1.33 bits per heavy atom. The summed E-state index contributed by atoms with van der Waals surface area (Å²) in [5.74, 6) is 1.20. The molecule has 84 valence electrons. The van der Waals surface area contributed by atoms with Crippen molar-refractivity contribution in [2.24, 2.45) is 5.73 Å². The van der Waals surface area contributed by atoms with E-state index in [4.69, 9.17) is 15.2 Å². The van der Waals surface area contributed by atoms with E-state index in [9.17, 15) is 4.39 Å². The van der Waals surface area contributed by atoms with Crippen molar-refractivity contribution in [2.45, 2.75) is 12.5 Å². The molecule has 0 unspecified atom stereocenters. The third-order valence-electron chi connectivity index (χ3n) is 2.25. The molecule has 1 aromatic rings. The highest BCUT2D eigenvalue weighted by atomic mass is 19.1. The fraction of sp³-hybridized carbons (Fsp3) is 0.455. The topological polar surface area (TPSA) is 44.5 Å². The zero-order valence-corrected chi connectivity index (χ0v) is 9.00. The molecule has 0 heterocycles. The van der Waals surface area contributed by atoms with Gasteiger partial charge in [-0.05, 0) is 12.5 Å². The van der Waals surface area contributed by atoms with Gasteiger partial charge < -0.3 is 15.2 Å². The summed E-state index contributed by atoms with van der Waals surface area (Å²) in [4.78, 5) is 0. The summed E-state index contributed by atoms with van der Waals surface area (Å²) >= 11 is 0. The van der Waals surface area contributed by atoms with Crippen LogP contribution in [0.4, 0.5) is 4.39 Å². The minimum atomic E-state index is -0.443. The Bertz CT molecular complexity index is 317. The molecule has 1 aromatic carbocycles. The van der Waals surface area contributed by atoms with Crippen LogP contribution in [0.5, 0.6) is 11.5 Å². The summed E-state index contributed by atoms with van der Waals surface area (Å²) in [6, 6.07) is 5.06. The van der Waals surface area contributed by atoms with Crippen LogP contribution >= 0.6 is 0 Å². The Labute approximate surface area is 89.0 Å². The fourth-order valence-electron chi connectivity index (χ4n) is 1.48. The normalized spacial score (nSPS) is 12.3. The summed E-state index contributed by atoms with van der Waals surface area (Å²) < 4.78 is 22.5. The number of benzene rings is 1.